The van der Waals surface area contributed by atoms with Crippen molar-refractivity contribution in [1.29, 1.82) is 5.26 Å². The molecule has 0 atom stereocenters. The Labute approximate surface area is 118 Å². The van der Waals surface area contributed by atoms with Crippen molar-refractivity contribution in [2.24, 2.45) is 0 Å². The maximum atomic E-state index is 13.5. The molecule has 0 bridgehead atoms. The van der Waals surface area contributed by atoms with Crippen LogP contribution in [0.25, 0.3) is 0 Å². The second-order valence-corrected chi connectivity index (χ2v) is 4.87. The lowest BCUT2D eigenvalue weighted by Gasteiger charge is -2.11. The van der Waals surface area contributed by atoms with Crippen LogP contribution in [0.3, 0.4) is 0 Å². The smallest absolute Gasteiger partial charge is 0.153 e. The van der Waals surface area contributed by atoms with Crippen LogP contribution >= 0.6 is 15.9 Å². The molecule has 2 aromatic rings. The number of ether oxygens (including phenoxy) is 1. The largest absolute Gasteiger partial charge is 0.454 e. The van der Waals surface area contributed by atoms with E-state index in [1.165, 1.54) is 12.1 Å². The van der Waals surface area contributed by atoms with Crippen LogP contribution in [-0.2, 0) is 0 Å². The van der Waals surface area contributed by atoms with Crippen LogP contribution in [0.15, 0.2) is 34.8 Å². The summed E-state index contributed by atoms with van der Waals surface area (Å²) in [6.45, 7) is 1.87. The van der Waals surface area contributed by atoms with E-state index < -0.39 is 5.82 Å². The highest BCUT2D eigenvalue weighted by Crippen LogP contribution is 2.33. The summed E-state index contributed by atoms with van der Waals surface area (Å²) in [6.07, 6.45) is 0. The lowest BCUT2D eigenvalue weighted by molar-refractivity contribution is 0.477. The number of aryl methyl sites for hydroxylation is 1. The molecule has 2 N–H and O–H groups in total. The predicted octanol–water partition coefficient (Wildman–Crippen LogP) is 4.14. The summed E-state index contributed by atoms with van der Waals surface area (Å²) in [5.74, 6) is 0.0640. The summed E-state index contributed by atoms with van der Waals surface area (Å²) >= 11 is 3.04. The normalized spacial score (nSPS) is 10.0. The van der Waals surface area contributed by atoms with Crippen LogP contribution in [0.4, 0.5) is 10.1 Å². The van der Waals surface area contributed by atoms with Crippen molar-refractivity contribution in [3.63, 3.8) is 0 Å². The van der Waals surface area contributed by atoms with Gasteiger partial charge in [-0.2, -0.15) is 5.26 Å². The van der Waals surface area contributed by atoms with E-state index in [4.69, 9.17) is 15.7 Å². The van der Waals surface area contributed by atoms with Gasteiger partial charge in [-0.15, -0.1) is 0 Å². The van der Waals surface area contributed by atoms with Gasteiger partial charge in [0.2, 0.25) is 0 Å². The predicted molar refractivity (Wildman–Crippen MR) is 74.5 cm³/mol. The number of halogens is 2. The third-order valence-electron chi connectivity index (χ3n) is 2.53. The van der Waals surface area contributed by atoms with E-state index in [-0.39, 0.29) is 10.2 Å². The van der Waals surface area contributed by atoms with Gasteiger partial charge in [0.1, 0.15) is 17.6 Å². The number of hydrogen-bond acceptors (Lipinski definition) is 3. The topological polar surface area (TPSA) is 59.0 Å². The van der Waals surface area contributed by atoms with Gasteiger partial charge in [0.15, 0.2) is 5.75 Å². The van der Waals surface area contributed by atoms with Gasteiger partial charge in [0.05, 0.1) is 15.7 Å². The zero-order valence-corrected chi connectivity index (χ0v) is 11.7. The van der Waals surface area contributed by atoms with Gasteiger partial charge in [-0.1, -0.05) is 6.07 Å². The van der Waals surface area contributed by atoms with E-state index in [1.54, 1.807) is 18.2 Å². The fourth-order valence-corrected chi connectivity index (χ4v) is 1.92. The summed E-state index contributed by atoms with van der Waals surface area (Å²) in [6, 6.07) is 9.78. The molecule has 0 aliphatic rings. The van der Waals surface area contributed by atoms with Crippen LogP contribution in [-0.4, -0.2) is 0 Å². The van der Waals surface area contributed by atoms with Crippen molar-refractivity contribution in [3.05, 3.63) is 51.7 Å². The quantitative estimate of drug-likeness (QED) is 0.846. The average molecular weight is 321 g/mol. The molecule has 0 fully saturated rings. The number of rotatable bonds is 2. The minimum Gasteiger partial charge on any atom is -0.454 e. The molecule has 0 unspecified atom stereocenters. The number of nitrogen functional groups attached to an aromatic ring is 1. The van der Waals surface area contributed by atoms with Crippen molar-refractivity contribution in [2.45, 2.75) is 6.92 Å². The summed E-state index contributed by atoms with van der Waals surface area (Å²) in [5.41, 5.74) is 7.36. The van der Waals surface area contributed by atoms with E-state index >= 15 is 0 Å². The molecular formula is C14H10BrFN2O. The van der Waals surface area contributed by atoms with Gasteiger partial charge in [-0.3, -0.25) is 0 Å². The van der Waals surface area contributed by atoms with E-state index in [9.17, 15) is 4.39 Å². The van der Waals surface area contributed by atoms with Crippen molar-refractivity contribution < 1.29 is 9.13 Å². The van der Waals surface area contributed by atoms with E-state index in [0.29, 0.717) is 17.0 Å². The zero-order chi connectivity index (χ0) is 14.0. The van der Waals surface area contributed by atoms with Gasteiger partial charge in [-0.25, -0.2) is 4.39 Å². The Bertz CT molecular complexity index is 680. The molecular weight excluding hydrogens is 311 g/mol. The van der Waals surface area contributed by atoms with Crippen molar-refractivity contribution >= 4 is 21.6 Å². The maximum Gasteiger partial charge on any atom is 0.153 e. The third kappa shape index (κ3) is 2.85. The van der Waals surface area contributed by atoms with Crippen LogP contribution in [0, 0.1) is 24.1 Å². The van der Waals surface area contributed by atoms with Gasteiger partial charge < -0.3 is 10.5 Å². The highest BCUT2D eigenvalue weighted by atomic mass is 79.9. The molecule has 0 aliphatic heterocycles. The van der Waals surface area contributed by atoms with E-state index in [0.717, 1.165) is 5.56 Å². The Morgan fingerprint density at radius 3 is 2.68 bits per heavy atom. The number of benzene rings is 2. The summed E-state index contributed by atoms with van der Waals surface area (Å²) < 4.78 is 19.3. The van der Waals surface area contributed by atoms with Crippen LogP contribution in [0.2, 0.25) is 0 Å². The molecule has 0 aliphatic carbocycles. The van der Waals surface area contributed by atoms with E-state index in [2.05, 4.69) is 15.9 Å². The molecule has 0 saturated carbocycles. The minimum atomic E-state index is -0.477. The molecule has 3 nitrogen and oxygen atoms in total. The SMILES string of the molecule is Cc1ccc(C#N)c(Oc2cc(F)c(Br)cc2N)c1. The second-order valence-electron chi connectivity index (χ2n) is 4.02. The number of nitrogens with zero attached hydrogens (tertiary/aromatic N) is 1. The Kier molecular flexibility index (Phi) is 3.72. The molecule has 0 saturated heterocycles. The zero-order valence-electron chi connectivity index (χ0n) is 10.1. The molecule has 0 radical (unpaired) electrons. The standard InChI is InChI=1S/C14H10BrFN2O/c1-8-2-3-9(7-17)13(4-8)19-14-6-11(16)10(15)5-12(14)18/h2-6H,18H2,1H3. The van der Waals surface area contributed by atoms with Gasteiger partial charge in [-0.05, 0) is 46.6 Å². The highest BCUT2D eigenvalue weighted by Gasteiger charge is 2.11. The first-order valence-electron chi connectivity index (χ1n) is 5.44. The molecule has 0 heterocycles. The molecule has 2 aromatic carbocycles. The third-order valence-corrected chi connectivity index (χ3v) is 3.14. The van der Waals surface area contributed by atoms with Crippen LogP contribution in [0.1, 0.15) is 11.1 Å². The Morgan fingerprint density at radius 2 is 2.00 bits per heavy atom. The lowest BCUT2D eigenvalue weighted by Crippen LogP contribution is -1.96. The van der Waals surface area contributed by atoms with Crippen molar-refractivity contribution in [3.8, 4) is 17.6 Å². The first kappa shape index (κ1) is 13.4. The van der Waals surface area contributed by atoms with Gasteiger partial charge in [0, 0.05) is 6.07 Å². The molecule has 19 heavy (non-hydrogen) atoms. The highest BCUT2D eigenvalue weighted by molar-refractivity contribution is 9.10. The summed E-state index contributed by atoms with van der Waals surface area (Å²) in [4.78, 5) is 0. The molecule has 0 amide bonds. The molecule has 0 spiro atoms. The van der Waals surface area contributed by atoms with E-state index in [1.807, 2.05) is 13.0 Å². The van der Waals surface area contributed by atoms with Crippen LogP contribution in [0.5, 0.6) is 11.5 Å². The van der Waals surface area contributed by atoms with Crippen molar-refractivity contribution in [1.82, 2.24) is 0 Å². The Morgan fingerprint density at radius 1 is 1.26 bits per heavy atom. The van der Waals surface area contributed by atoms with Crippen molar-refractivity contribution in [2.75, 3.05) is 5.73 Å². The van der Waals surface area contributed by atoms with Crippen LogP contribution < -0.4 is 10.5 Å². The minimum absolute atomic E-state index is 0.183. The fourth-order valence-electron chi connectivity index (χ4n) is 1.56. The summed E-state index contributed by atoms with van der Waals surface area (Å²) in [5, 5.41) is 9.01. The van der Waals surface area contributed by atoms with Gasteiger partial charge >= 0.3 is 0 Å². The average Bonchev–Trinajstić information content (AvgIpc) is 2.36. The first-order valence-corrected chi connectivity index (χ1v) is 6.23. The first-order chi connectivity index (χ1) is 9.01. The number of hydrogen-bond donors (Lipinski definition) is 1. The fraction of sp³-hybridized carbons (Fsp3) is 0.0714. The number of anilines is 1. The molecule has 5 heteroatoms. The number of nitrogens with two attached hydrogens (primary N) is 1. The monoisotopic (exact) mass is 320 g/mol. The molecule has 0 aromatic heterocycles. The number of nitriles is 1. The molecule has 2 rings (SSSR count). The lowest BCUT2D eigenvalue weighted by atomic mass is 10.1. The maximum absolute atomic E-state index is 13.5. The summed E-state index contributed by atoms with van der Waals surface area (Å²) in [7, 11) is 0. The second kappa shape index (κ2) is 5.29. The van der Waals surface area contributed by atoms with Gasteiger partial charge in [0.25, 0.3) is 0 Å². The Balaban J connectivity index is 2.45. The Hall–Kier alpha value is -2.06. The molecule has 96 valence electrons.